The van der Waals surface area contributed by atoms with Crippen molar-refractivity contribution in [1.29, 1.82) is 0 Å². The van der Waals surface area contributed by atoms with Crippen LogP contribution in [0.2, 0.25) is 5.02 Å². The number of nitrogens with two attached hydrogens (primary N) is 1. The van der Waals surface area contributed by atoms with Crippen molar-refractivity contribution in [2.24, 2.45) is 0 Å². The van der Waals surface area contributed by atoms with Crippen molar-refractivity contribution in [3.8, 4) is 0 Å². The normalized spacial score (nSPS) is 12.8. The maximum atomic E-state index is 11.6. The molecular formula is C9H13ClNO2P. The van der Waals surface area contributed by atoms with Crippen molar-refractivity contribution in [3.05, 3.63) is 22.7 Å². The van der Waals surface area contributed by atoms with Gasteiger partial charge in [-0.3, -0.25) is 4.57 Å². The smallest absolute Gasteiger partial charge is 0.222 e. The monoisotopic (exact) mass is 233 g/mol. The van der Waals surface area contributed by atoms with Gasteiger partial charge in [0.1, 0.15) is 0 Å². The molecule has 0 saturated heterocycles. The van der Waals surface area contributed by atoms with E-state index in [2.05, 4.69) is 0 Å². The summed E-state index contributed by atoms with van der Waals surface area (Å²) in [5, 5.41) is 1.07. The van der Waals surface area contributed by atoms with Crippen LogP contribution in [-0.4, -0.2) is 6.61 Å². The van der Waals surface area contributed by atoms with Gasteiger partial charge in [-0.15, -0.1) is 0 Å². The van der Waals surface area contributed by atoms with Crippen molar-refractivity contribution in [3.63, 3.8) is 0 Å². The fourth-order valence-corrected chi connectivity index (χ4v) is 2.33. The Hall–Kier alpha value is -0.500. The molecule has 0 heterocycles. The first-order valence-corrected chi connectivity index (χ1v) is 5.98. The second-order valence-corrected chi connectivity index (χ2v) is 4.72. The Labute approximate surface area is 89.1 Å². The molecule has 5 heteroatoms. The van der Waals surface area contributed by atoms with Gasteiger partial charge in [-0.25, -0.2) is 0 Å². The highest BCUT2D eigenvalue weighted by Crippen LogP contribution is 2.28. The summed E-state index contributed by atoms with van der Waals surface area (Å²) in [6, 6.07) is 3.32. The first-order valence-electron chi connectivity index (χ1n) is 4.29. The van der Waals surface area contributed by atoms with Gasteiger partial charge in [0.25, 0.3) is 0 Å². The van der Waals surface area contributed by atoms with Crippen LogP contribution in [0.5, 0.6) is 0 Å². The molecule has 0 fully saturated rings. The van der Waals surface area contributed by atoms with Crippen LogP contribution in [0.3, 0.4) is 0 Å². The SMILES string of the molecule is CCO[PH](=O)c1cc(Cl)c(C)cc1N. The Morgan fingerprint density at radius 2 is 2.21 bits per heavy atom. The molecule has 2 N–H and O–H groups in total. The number of hydrogen-bond acceptors (Lipinski definition) is 3. The summed E-state index contributed by atoms with van der Waals surface area (Å²) in [5.74, 6) is 0. The van der Waals surface area contributed by atoms with Crippen LogP contribution in [-0.2, 0) is 9.09 Å². The maximum Gasteiger partial charge on any atom is 0.222 e. The molecule has 0 saturated carbocycles. The number of nitrogen functional groups attached to an aromatic ring is 1. The average molecular weight is 234 g/mol. The van der Waals surface area contributed by atoms with Crippen molar-refractivity contribution in [2.45, 2.75) is 13.8 Å². The third-order valence-corrected chi connectivity index (χ3v) is 3.66. The number of aryl methyl sites for hydroxylation is 1. The zero-order valence-corrected chi connectivity index (χ0v) is 9.89. The van der Waals surface area contributed by atoms with Crippen LogP contribution in [0, 0.1) is 6.92 Å². The molecule has 78 valence electrons. The van der Waals surface area contributed by atoms with E-state index >= 15 is 0 Å². The molecule has 1 aromatic rings. The molecule has 1 aromatic carbocycles. The van der Waals surface area contributed by atoms with Crippen LogP contribution in [0.1, 0.15) is 12.5 Å². The maximum absolute atomic E-state index is 11.6. The minimum absolute atomic E-state index is 0.405. The van der Waals surface area contributed by atoms with Gasteiger partial charge >= 0.3 is 0 Å². The van der Waals surface area contributed by atoms with Crippen LogP contribution in [0.15, 0.2) is 12.1 Å². The molecule has 0 aromatic heterocycles. The third-order valence-electron chi connectivity index (χ3n) is 1.83. The lowest BCUT2D eigenvalue weighted by Crippen LogP contribution is -2.07. The highest BCUT2D eigenvalue weighted by molar-refractivity contribution is 7.48. The average Bonchev–Trinajstić information content (AvgIpc) is 2.11. The molecule has 0 aliphatic heterocycles. The molecule has 0 aliphatic rings. The molecule has 0 bridgehead atoms. The Morgan fingerprint density at radius 1 is 1.57 bits per heavy atom. The van der Waals surface area contributed by atoms with Gasteiger partial charge < -0.3 is 10.3 Å². The van der Waals surface area contributed by atoms with E-state index in [1.807, 2.05) is 6.92 Å². The van der Waals surface area contributed by atoms with E-state index in [9.17, 15) is 4.57 Å². The van der Waals surface area contributed by atoms with Gasteiger partial charge in [-0.2, -0.15) is 0 Å². The molecule has 0 aliphatic carbocycles. The van der Waals surface area contributed by atoms with Gasteiger partial charge in [0.05, 0.1) is 11.9 Å². The van der Waals surface area contributed by atoms with Crippen LogP contribution >= 0.6 is 19.6 Å². The van der Waals surface area contributed by atoms with Gasteiger partial charge in [0, 0.05) is 10.7 Å². The summed E-state index contributed by atoms with van der Waals surface area (Å²) in [6.45, 7) is 4.04. The van der Waals surface area contributed by atoms with Gasteiger partial charge in [-0.05, 0) is 31.5 Å². The van der Waals surface area contributed by atoms with E-state index in [0.29, 0.717) is 22.6 Å². The highest BCUT2D eigenvalue weighted by Gasteiger charge is 2.09. The highest BCUT2D eigenvalue weighted by atomic mass is 35.5. The molecule has 3 nitrogen and oxygen atoms in total. The minimum Gasteiger partial charge on any atom is -0.398 e. The summed E-state index contributed by atoms with van der Waals surface area (Å²) < 4.78 is 16.6. The van der Waals surface area contributed by atoms with Crippen LogP contribution in [0.25, 0.3) is 0 Å². The number of anilines is 1. The Bertz CT molecular complexity index is 368. The van der Waals surface area contributed by atoms with Crippen molar-refractivity contribution >= 4 is 30.6 Å². The zero-order valence-electron chi connectivity index (χ0n) is 8.13. The van der Waals surface area contributed by atoms with Crippen molar-refractivity contribution < 1.29 is 9.09 Å². The standard InChI is InChI=1S/C9H13ClNO2P/c1-3-13-14(12)9-5-7(10)6(2)4-8(9)11/h4-5,14H,3,11H2,1-2H3. The predicted octanol–water partition coefficient (Wildman–Crippen LogP) is 2.37. The second kappa shape index (κ2) is 4.83. The van der Waals surface area contributed by atoms with Gasteiger partial charge in [0.2, 0.25) is 8.03 Å². The molecular weight excluding hydrogens is 221 g/mol. The quantitative estimate of drug-likeness (QED) is 0.644. The first kappa shape index (κ1) is 11.6. The number of halogens is 1. The van der Waals surface area contributed by atoms with Gasteiger partial charge in [-0.1, -0.05) is 11.6 Å². The van der Waals surface area contributed by atoms with E-state index in [-0.39, 0.29) is 0 Å². The first-order chi connectivity index (χ1) is 6.56. The Kier molecular flexibility index (Phi) is 3.99. The van der Waals surface area contributed by atoms with E-state index in [0.717, 1.165) is 5.56 Å². The van der Waals surface area contributed by atoms with Crippen molar-refractivity contribution in [2.75, 3.05) is 12.3 Å². The fraction of sp³-hybridized carbons (Fsp3) is 0.333. The minimum atomic E-state index is -2.25. The molecule has 1 rings (SSSR count). The third kappa shape index (κ3) is 2.50. The van der Waals surface area contributed by atoms with Crippen LogP contribution in [0.4, 0.5) is 5.69 Å². The van der Waals surface area contributed by atoms with Gasteiger partial charge in [0.15, 0.2) is 0 Å². The van der Waals surface area contributed by atoms with Crippen LogP contribution < -0.4 is 11.0 Å². The number of benzene rings is 1. The molecule has 0 spiro atoms. The fourth-order valence-electron chi connectivity index (χ4n) is 1.09. The number of hydrogen-bond donors (Lipinski definition) is 1. The lowest BCUT2D eigenvalue weighted by molar-refractivity contribution is 0.357. The second-order valence-electron chi connectivity index (χ2n) is 2.91. The summed E-state index contributed by atoms with van der Waals surface area (Å²) in [4.78, 5) is 0. The van der Waals surface area contributed by atoms with E-state index < -0.39 is 8.03 Å². The summed E-state index contributed by atoms with van der Waals surface area (Å²) in [6.07, 6.45) is 0. The lowest BCUT2D eigenvalue weighted by Gasteiger charge is -2.07. The zero-order chi connectivity index (χ0) is 10.7. The molecule has 1 unspecified atom stereocenters. The Balaban J connectivity index is 3.09. The van der Waals surface area contributed by atoms with E-state index in [4.69, 9.17) is 21.9 Å². The predicted molar refractivity (Wildman–Crippen MR) is 60.9 cm³/mol. The summed E-state index contributed by atoms with van der Waals surface area (Å²) in [7, 11) is -2.25. The largest absolute Gasteiger partial charge is 0.398 e. The molecule has 14 heavy (non-hydrogen) atoms. The van der Waals surface area contributed by atoms with E-state index in [1.54, 1.807) is 19.1 Å². The Morgan fingerprint density at radius 3 is 2.79 bits per heavy atom. The van der Waals surface area contributed by atoms with Crippen molar-refractivity contribution in [1.82, 2.24) is 0 Å². The molecule has 0 amide bonds. The molecule has 0 radical (unpaired) electrons. The topological polar surface area (TPSA) is 52.3 Å². The number of rotatable bonds is 3. The summed E-state index contributed by atoms with van der Waals surface area (Å²) >= 11 is 5.90. The molecule has 1 atom stereocenters. The lowest BCUT2D eigenvalue weighted by atomic mass is 10.2. The van der Waals surface area contributed by atoms with E-state index in [1.165, 1.54) is 0 Å². The summed E-state index contributed by atoms with van der Waals surface area (Å²) in [5.41, 5.74) is 7.06.